The van der Waals surface area contributed by atoms with Crippen molar-refractivity contribution in [1.82, 2.24) is 19.6 Å². The number of benzene rings is 1. The van der Waals surface area contributed by atoms with Crippen LogP contribution in [0.5, 0.6) is 0 Å². The van der Waals surface area contributed by atoms with Gasteiger partial charge in [-0.1, -0.05) is 36.7 Å². The van der Waals surface area contributed by atoms with Crippen LogP contribution in [0.4, 0.5) is 0 Å². The highest BCUT2D eigenvalue weighted by Crippen LogP contribution is 2.24. The summed E-state index contributed by atoms with van der Waals surface area (Å²) in [5, 5.41) is 3.46. The Labute approximate surface area is 113 Å². The van der Waals surface area contributed by atoms with Gasteiger partial charge in [-0.2, -0.15) is 9.50 Å². The Morgan fingerprint density at radius 1 is 1.32 bits per heavy atom. The number of nitrogens with zero attached hydrogens (tertiary/aromatic N) is 3. The second-order valence-electron chi connectivity index (χ2n) is 4.12. The third kappa shape index (κ3) is 2.02. The first-order valence-electron chi connectivity index (χ1n) is 5.92. The lowest BCUT2D eigenvalue weighted by Crippen LogP contribution is -2.14. The van der Waals surface area contributed by atoms with E-state index in [1.54, 1.807) is 6.07 Å². The van der Waals surface area contributed by atoms with Crippen LogP contribution in [0.25, 0.3) is 17.0 Å². The SMILES string of the molecule is CCc1nc2nc(-c3ccccc3Cl)cc(=O)n2[nH]1. The summed E-state index contributed by atoms with van der Waals surface area (Å²) >= 11 is 6.12. The molecule has 0 amide bonds. The fraction of sp³-hybridized carbons (Fsp3) is 0.154. The van der Waals surface area contributed by atoms with Crippen molar-refractivity contribution >= 4 is 17.4 Å². The number of H-pyrrole nitrogens is 1. The molecular weight excluding hydrogens is 264 g/mol. The molecule has 96 valence electrons. The summed E-state index contributed by atoms with van der Waals surface area (Å²) in [6, 6.07) is 8.73. The zero-order chi connectivity index (χ0) is 13.4. The molecule has 6 heteroatoms. The second-order valence-corrected chi connectivity index (χ2v) is 4.53. The third-order valence-electron chi connectivity index (χ3n) is 2.86. The zero-order valence-corrected chi connectivity index (χ0v) is 11.0. The molecule has 0 aliphatic carbocycles. The largest absolute Gasteiger partial charge is 0.275 e. The van der Waals surface area contributed by atoms with Crippen LogP contribution >= 0.6 is 11.6 Å². The maximum Gasteiger partial charge on any atom is 0.274 e. The van der Waals surface area contributed by atoms with Gasteiger partial charge in [0.2, 0.25) is 0 Å². The highest BCUT2D eigenvalue weighted by atomic mass is 35.5. The molecule has 1 N–H and O–H groups in total. The molecule has 0 atom stereocenters. The average molecular weight is 275 g/mol. The van der Waals surface area contributed by atoms with Crippen LogP contribution in [0.2, 0.25) is 5.02 Å². The number of aromatic amines is 1. The van der Waals surface area contributed by atoms with Crippen LogP contribution in [0.1, 0.15) is 12.7 Å². The first-order valence-corrected chi connectivity index (χ1v) is 6.30. The van der Waals surface area contributed by atoms with Gasteiger partial charge < -0.3 is 0 Å². The van der Waals surface area contributed by atoms with Crippen molar-refractivity contribution in [2.75, 3.05) is 0 Å². The Balaban J connectivity index is 2.26. The number of fused-ring (bicyclic) bond motifs is 1. The molecule has 2 heterocycles. The molecule has 2 aromatic heterocycles. The predicted molar refractivity (Wildman–Crippen MR) is 73.4 cm³/mol. The number of aryl methyl sites for hydroxylation is 1. The van der Waals surface area contributed by atoms with Crippen LogP contribution in [0.3, 0.4) is 0 Å². The maximum absolute atomic E-state index is 12.0. The summed E-state index contributed by atoms with van der Waals surface area (Å²) in [6.45, 7) is 1.96. The zero-order valence-electron chi connectivity index (χ0n) is 10.2. The minimum Gasteiger partial charge on any atom is -0.275 e. The van der Waals surface area contributed by atoms with Gasteiger partial charge in [-0.05, 0) is 6.07 Å². The standard InChI is InChI=1S/C13H11ClN4O/c1-2-11-16-13-15-10(7-12(19)18(13)17-11)8-5-3-4-6-9(8)14/h3-7H,2H2,1H3,(H,15,16,17). The van der Waals surface area contributed by atoms with Gasteiger partial charge in [0.1, 0.15) is 5.82 Å². The molecule has 0 aliphatic heterocycles. The number of nitrogens with one attached hydrogen (secondary N) is 1. The Hall–Kier alpha value is -2.14. The predicted octanol–water partition coefficient (Wildman–Crippen LogP) is 2.30. The van der Waals surface area contributed by atoms with Gasteiger partial charge in [0.15, 0.2) is 0 Å². The van der Waals surface area contributed by atoms with Crippen LogP contribution in [-0.2, 0) is 6.42 Å². The van der Waals surface area contributed by atoms with Crippen molar-refractivity contribution in [2.45, 2.75) is 13.3 Å². The quantitative estimate of drug-likeness (QED) is 0.780. The minimum absolute atomic E-state index is 0.202. The highest BCUT2D eigenvalue weighted by molar-refractivity contribution is 6.33. The fourth-order valence-electron chi connectivity index (χ4n) is 1.89. The molecule has 0 radical (unpaired) electrons. The first-order chi connectivity index (χ1) is 9.19. The summed E-state index contributed by atoms with van der Waals surface area (Å²) in [6.07, 6.45) is 0.713. The summed E-state index contributed by atoms with van der Waals surface area (Å²) in [7, 11) is 0. The molecule has 0 saturated carbocycles. The van der Waals surface area contributed by atoms with Gasteiger partial charge in [-0.15, -0.1) is 0 Å². The molecule has 3 aromatic rings. The molecule has 3 rings (SSSR count). The van der Waals surface area contributed by atoms with E-state index in [1.807, 2.05) is 25.1 Å². The van der Waals surface area contributed by atoms with Crippen LogP contribution in [0.15, 0.2) is 35.1 Å². The van der Waals surface area contributed by atoms with Crippen molar-refractivity contribution in [3.63, 3.8) is 0 Å². The molecule has 0 bridgehead atoms. The maximum atomic E-state index is 12.0. The van der Waals surface area contributed by atoms with E-state index in [9.17, 15) is 4.79 Å². The summed E-state index contributed by atoms with van der Waals surface area (Å²) in [5.74, 6) is 1.08. The van der Waals surface area contributed by atoms with Crippen molar-refractivity contribution in [3.05, 3.63) is 51.5 Å². The Bertz CT molecular complexity index is 806. The normalized spacial score (nSPS) is 11.1. The van der Waals surface area contributed by atoms with Crippen molar-refractivity contribution in [3.8, 4) is 11.3 Å². The van der Waals surface area contributed by atoms with Gasteiger partial charge in [0.05, 0.1) is 5.69 Å². The number of rotatable bonds is 2. The topological polar surface area (TPSA) is 63.1 Å². The fourth-order valence-corrected chi connectivity index (χ4v) is 2.12. The second kappa shape index (κ2) is 4.51. The minimum atomic E-state index is -0.202. The third-order valence-corrected chi connectivity index (χ3v) is 3.19. The Morgan fingerprint density at radius 3 is 2.84 bits per heavy atom. The summed E-state index contributed by atoms with van der Waals surface area (Å²) in [4.78, 5) is 20.7. The van der Waals surface area contributed by atoms with Gasteiger partial charge in [-0.25, -0.2) is 4.98 Å². The summed E-state index contributed by atoms with van der Waals surface area (Å²) in [5.41, 5.74) is 1.06. The lowest BCUT2D eigenvalue weighted by molar-refractivity contribution is 0.855. The van der Waals surface area contributed by atoms with E-state index in [4.69, 9.17) is 11.6 Å². The molecule has 0 saturated heterocycles. The first kappa shape index (κ1) is 11.9. The van der Waals surface area contributed by atoms with Gasteiger partial charge in [0, 0.05) is 23.1 Å². The number of halogens is 1. The van der Waals surface area contributed by atoms with Gasteiger partial charge in [0.25, 0.3) is 11.3 Å². The molecule has 5 nitrogen and oxygen atoms in total. The smallest absolute Gasteiger partial charge is 0.274 e. The Kier molecular flexibility index (Phi) is 2.83. The van der Waals surface area contributed by atoms with Crippen molar-refractivity contribution in [2.24, 2.45) is 0 Å². The molecule has 1 aromatic carbocycles. The summed E-state index contributed by atoms with van der Waals surface area (Å²) < 4.78 is 1.33. The molecule has 0 aliphatic rings. The molecule has 0 spiro atoms. The monoisotopic (exact) mass is 274 g/mol. The van der Waals surface area contributed by atoms with E-state index < -0.39 is 0 Å². The van der Waals surface area contributed by atoms with Gasteiger partial charge in [-0.3, -0.25) is 9.89 Å². The number of hydrogen-bond donors (Lipinski definition) is 1. The lowest BCUT2D eigenvalue weighted by atomic mass is 10.1. The van der Waals surface area contributed by atoms with Crippen LogP contribution in [0, 0.1) is 0 Å². The Morgan fingerprint density at radius 2 is 2.11 bits per heavy atom. The molecule has 0 unspecified atom stereocenters. The molecule has 0 fully saturated rings. The highest BCUT2D eigenvalue weighted by Gasteiger charge is 2.10. The van der Waals surface area contributed by atoms with E-state index in [-0.39, 0.29) is 5.56 Å². The number of hydrogen-bond acceptors (Lipinski definition) is 3. The van der Waals surface area contributed by atoms with Crippen LogP contribution in [-0.4, -0.2) is 19.6 Å². The van der Waals surface area contributed by atoms with Crippen molar-refractivity contribution < 1.29 is 0 Å². The van der Waals surface area contributed by atoms with Crippen molar-refractivity contribution in [1.29, 1.82) is 0 Å². The van der Waals surface area contributed by atoms with E-state index in [0.29, 0.717) is 22.9 Å². The van der Waals surface area contributed by atoms with E-state index in [2.05, 4.69) is 15.1 Å². The van der Waals surface area contributed by atoms with E-state index in [0.717, 1.165) is 11.4 Å². The van der Waals surface area contributed by atoms with E-state index in [1.165, 1.54) is 10.6 Å². The van der Waals surface area contributed by atoms with Gasteiger partial charge >= 0.3 is 0 Å². The molecular formula is C13H11ClN4O. The number of aromatic nitrogens is 4. The average Bonchev–Trinajstić information content (AvgIpc) is 2.83. The molecule has 19 heavy (non-hydrogen) atoms. The van der Waals surface area contributed by atoms with E-state index >= 15 is 0 Å². The lowest BCUT2D eigenvalue weighted by Gasteiger charge is -2.02. The van der Waals surface area contributed by atoms with Crippen LogP contribution < -0.4 is 5.56 Å².